The maximum absolute atomic E-state index is 12.8. The van der Waals surface area contributed by atoms with Gasteiger partial charge in [0.05, 0.1) is 0 Å². The molecule has 0 heterocycles. The Kier molecular flexibility index (Phi) is 50.4. The van der Waals surface area contributed by atoms with Crippen LogP contribution >= 0.6 is 0 Å². The summed E-state index contributed by atoms with van der Waals surface area (Å²) in [5.74, 6) is -0.890. The average Bonchev–Trinajstić information content (AvgIpc) is 3.29. The highest BCUT2D eigenvalue weighted by molar-refractivity contribution is 5.71. The van der Waals surface area contributed by atoms with Gasteiger partial charge in [0.1, 0.15) is 13.2 Å². The molecule has 1 unspecified atom stereocenters. The second-order valence-electron chi connectivity index (χ2n) is 18.1. The van der Waals surface area contributed by atoms with Crippen LogP contribution in [0.3, 0.4) is 0 Å². The number of allylic oxidation sites excluding steroid dienone is 10. The van der Waals surface area contributed by atoms with E-state index in [0.29, 0.717) is 19.3 Å². The molecule has 6 heteroatoms. The minimum Gasteiger partial charge on any atom is -0.462 e. The Morgan fingerprint density at radius 3 is 0.969 bits per heavy atom. The zero-order valence-electron chi connectivity index (χ0n) is 42.3. The lowest BCUT2D eigenvalue weighted by atomic mass is 10.1. The fourth-order valence-corrected chi connectivity index (χ4v) is 7.66. The number of rotatable bonds is 49. The Morgan fingerprint density at radius 1 is 0.328 bits per heavy atom. The van der Waals surface area contributed by atoms with Crippen molar-refractivity contribution < 1.29 is 28.6 Å². The van der Waals surface area contributed by atoms with Crippen LogP contribution in [0.15, 0.2) is 60.8 Å². The Morgan fingerprint density at radius 2 is 0.609 bits per heavy atom. The lowest BCUT2D eigenvalue weighted by Crippen LogP contribution is -2.30. The summed E-state index contributed by atoms with van der Waals surface area (Å²) in [7, 11) is 0. The molecule has 0 aliphatic heterocycles. The minimum absolute atomic E-state index is 0.0789. The second kappa shape index (κ2) is 52.7. The number of hydrogen-bond acceptors (Lipinski definition) is 6. The monoisotopic (exact) mass is 895 g/mol. The lowest BCUT2D eigenvalue weighted by molar-refractivity contribution is -0.167. The Balaban J connectivity index is 4.36. The van der Waals surface area contributed by atoms with Crippen LogP contribution < -0.4 is 0 Å². The number of unbranched alkanes of at least 4 members (excludes halogenated alkanes) is 28. The fraction of sp³-hybridized carbons (Fsp3) is 0.776. The first-order chi connectivity index (χ1) is 31.5. The third-order valence-electron chi connectivity index (χ3n) is 11.8. The lowest BCUT2D eigenvalue weighted by Gasteiger charge is -2.18. The molecule has 370 valence electrons. The van der Waals surface area contributed by atoms with Crippen LogP contribution in [0.25, 0.3) is 0 Å². The molecule has 0 N–H and O–H groups in total. The van der Waals surface area contributed by atoms with Crippen molar-refractivity contribution in [3.8, 4) is 0 Å². The van der Waals surface area contributed by atoms with Crippen molar-refractivity contribution in [1.29, 1.82) is 0 Å². The summed E-state index contributed by atoms with van der Waals surface area (Å²) in [6.45, 7) is 6.51. The van der Waals surface area contributed by atoms with Gasteiger partial charge in [-0.2, -0.15) is 0 Å². The summed E-state index contributed by atoms with van der Waals surface area (Å²) >= 11 is 0. The first kappa shape index (κ1) is 61.1. The summed E-state index contributed by atoms with van der Waals surface area (Å²) in [5.41, 5.74) is 0. The van der Waals surface area contributed by atoms with Gasteiger partial charge in [0, 0.05) is 19.3 Å². The average molecular weight is 895 g/mol. The van der Waals surface area contributed by atoms with Gasteiger partial charge < -0.3 is 14.2 Å². The molecule has 0 aliphatic carbocycles. The SMILES string of the molecule is CC/C=C\C/C=C\C/C=C\CCCCCCCCCC(=O)OC(COC(=O)CCCCCCCCC/C=C\C/C=C\CCCCCC)COC(=O)CCCCCCCCCCCCC. The van der Waals surface area contributed by atoms with Crippen molar-refractivity contribution in [2.24, 2.45) is 0 Å². The van der Waals surface area contributed by atoms with Crippen molar-refractivity contribution >= 4 is 17.9 Å². The van der Waals surface area contributed by atoms with Gasteiger partial charge in [-0.25, -0.2) is 0 Å². The molecule has 0 fully saturated rings. The summed E-state index contributed by atoms with van der Waals surface area (Å²) < 4.78 is 16.8. The van der Waals surface area contributed by atoms with Crippen LogP contribution in [0.1, 0.15) is 271 Å². The normalized spacial score (nSPS) is 12.5. The first-order valence-corrected chi connectivity index (χ1v) is 27.3. The van der Waals surface area contributed by atoms with Gasteiger partial charge in [0.2, 0.25) is 0 Å². The van der Waals surface area contributed by atoms with Crippen molar-refractivity contribution in [3.05, 3.63) is 60.8 Å². The second-order valence-corrected chi connectivity index (χ2v) is 18.1. The third kappa shape index (κ3) is 50.1. The number of carbonyl (C=O) groups is 3. The molecule has 1 atom stereocenters. The van der Waals surface area contributed by atoms with Crippen molar-refractivity contribution in [1.82, 2.24) is 0 Å². The van der Waals surface area contributed by atoms with Crippen molar-refractivity contribution in [2.45, 2.75) is 277 Å². The molecule has 6 nitrogen and oxygen atoms in total. The van der Waals surface area contributed by atoms with Gasteiger partial charge in [-0.1, -0.05) is 229 Å². The first-order valence-electron chi connectivity index (χ1n) is 27.3. The quantitative estimate of drug-likeness (QED) is 0.0262. The van der Waals surface area contributed by atoms with Crippen molar-refractivity contribution in [3.63, 3.8) is 0 Å². The van der Waals surface area contributed by atoms with E-state index in [9.17, 15) is 14.4 Å². The molecule has 0 aromatic carbocycles. The number of hydrogen-bond donors (Lipinski definition) is 0. The topological polar surface area (TPSA) is 78.9 Å². The summed E-state index contributed by atoms with van der Waals surface area (Å²) in [6.07, 6.45) is 64.9. The Hall–Kier alpha value is -2.89. The predicted molar refractivity (Wildman–Crippen MR) is 275 cm³/mol. The predicted octanol–water partition coefficient (Wildman–Crippen LogP) is 18.0. The third-order valence-corrected chi connectivity index (χ3v) is 11.8. The van der Waals surface area contributed by atoms with E-state index in [-0.39, 0.29) is 31.1 Å². The molecular weight excluding hydrogens is 793 g/mol. The molecule has 0 saturated heterocycles. The van der Waals surface area contributed by atoms with Gasteiger partial charge in [-0.05, 0) is 83.5 Å². The van der Waals surface area contributed by atoms with Crippen LogP contribution in [-0.2, 0) is 28.6 Å². The van der Waals surface area contributed by atoms with E-state index in [4.69, 9.17) is 14.2 Å². The summed E-state index contributed by atoms with van der Waals surface area (Å²) in [6, 6.07) is 0. The molecule has 0 spiro atoms. The number of carbonyl (C=O) groups excluding carboxylic acids is 3. The molecule has 0 amide bonds. The van der Waals surface area contributed by atoms with Gasteiger partial charge >= 0.3 is 17.9 Å². The molecule has 0 rings (SSSR count). The van der Waals surface area contributed by atoms with Crippen LogP contribution in [0.2, 0.25) is 0 Å². The van der Waals surface area contributed by atoms with Crippen LogP contribution in [0.5, 0.6) is 0 Å². The Bertz CT molecular complexity index is 1170. The standard InChI is InChI=1S/C58H102O6/c1-4-7-10-13-16-19-22-24-26-28-30-31-33-36-39-42-45-48-51-57(60)63-54-55(53-62-56(59)50-47-44-41-38-35-21-18-15-12-9-6-3)64-58(61)52-49-46-43-40-37-34-32-29-27-25-23-20-17-14-11-8-5-2/h8,11,17,19-20,22,25-28,55H,4-7,9-10,12-16,18,21,23-24,29-54H2,1-3H3/b11-8-,20-17-,22-19-,27-25-,28-26-. The molecule has 0 bridgehead atoms. The van der Waals surface area contributed by atoms with Gasteiger partial charge in [0.15, 0.2) is 6.10 Å². The van der Waals surface area contributed by atoms with Gasteiger partial charge in [0.25, 0.3) is 0 Å². The number of esters is 3. The largest absolute Gasteiger partial charge is 0.462 e. The highest BCUT2D eigenvalue weighted by Crippen LogP contribution is 2.15. The highest BCUT2D eigenvalue weighted by Gasteiger charge is 2.19. The maximum atomic E-state index is 12.8. The molecular formula is C58H102O6. The molecule has 0 aromatic heterocycles. The van der Waals surface area contributed by atoms with Gasteiger partial charge in [-0.15, -0.1) is 0 Å². The summed E-state index contributed by atoms with van der Waals surface area (Å²) in [4.78, 5) is 38.0. The van der Waals surface area contributed by atoms with Crippen LogP contribution in [-0.4, -0.2) is 37.2 Å². The maximum Gasteiger partial charge on any atom is 0.306 e. The van der Waals surface area contributed by atoms with Gasteiger partial charge in [-0.3, -0.25) is 14.4 Å². The van der Waals surface area contributed by atoms with E-state index < -0.39 is 6.10 Å². The van der Waals surface area contributed by atoms with E-state index in [1.54, 1.807) is 0 Å². The highest BCUT2D eigenvalue weighted by atomic mass is 16.6. The molecule has 0 radical (unpaired) electrons. The molecule has 0 aliphatic rings. The smallest absolute Gasteiger partial charge is 0.306 e. The molecule has 0 aromatic rings. The zero-order chi connectivity index (χ0) is 46.5. The molecule has 0 saturated carbocycles. The van der Waals surface area contributed by atoms with E-state index in [2.05, 4.69) is 81.5 Å². The minimum atomic E-state index is -0.780. The number of ether oxygens (including phenoxy) is 3. The Labute approximate surface area is 396 Å². The molecule has 64 heavy (non-hydrogen) atoms. The fourth-order valence-electron chi connectivity index (χ4n) is 7.66. The van der Waals surface area contributed by atoms with E-state index >= 15 is 0 Å². The van der Waals surface area contributed by atoms with Crippen LogP contribution in [0, 0.1) is 0 Å². The van der Waals surface area contributed by atoms with E-state index in [1.165, 1.54) is 135 Å². The van der Waals surface area contributed by atoms with Crippen molar-refractivity contribution in [2.75, 3.05) is 13.2 Å². The summed E-state index contributed by atoms with van der Waals surface area (Å²) in [5, 5.41) is 0. The zero-order valence-corrected chi connectivity index (χ0v) is 42.3. The van der Waals surface area contributed by atoms with Crippen LogP contribution in [0.4, 0.5) is 0 Å². The van der Waals surface area contributed by atoms with E-state index in [1.807, 2.05) is 0 Å². The van der Waals surface area contributed by atoms with E-state index in [0.717, 1.165) is 96.3 Å².